The second-order valence-electron chi connectivity index (χ2n) is 1.74. The van der Waals surface area contributed by atoms with E-state index in [2.05, 4.69) is 15.3 Å². The standard InChI is InChI=1S/C5H8N4O/c1-7-5-3(4(6)10)8-2-9-5/h2,7H,1H3,(H2,6,10)(H,8,9). The van der Waals surface area contributed by atoms with Crippen molar-refractivity contribution in [3.05, 3.63) is 12.0 Å². The van der Waals surface area contributed by atoms with Gasteiger partial charge in [-0.25, -0.2) is 4.98 Å². The lowest BCUT2D eigenvalue weighted by atomic mass is 10.4. The molecule has 1 amide bonds. The first-order chi connectivity index (χ1) is 4.75. The van der Waals surface area contributed by atoms with E-state index in [1.54, 1.807) is 7.05 Å². The Morgan fingerprint density at radius 1 is 1.90 bits per heavy atom. The van der Waals surface area contributed by atoms with E-state index in [0.717, 1.165) is 0 Å². The summed E-state index contributed by atoms with van der Waals surface area (Å²) in [4.78, 5) is 16.9. The summed E-state index contributed by atoms with van der Waals surface area (Å²) in [6.07, 6.45) is 1.41. The van der Waals surface area contributed by atoms with Crippen molar-refractivity contribution in [2.75, 3.05) is 12.4 Å². The molecule has 1 aromatic heterocycles. The van der Waals surface area contributed by atoms with E-state index >= 15 is 0 Å². The molecule has 0 bridgehead atoms. The summed E-state index contributed by atoms with van der Waals surface area (Å²) in [7, 11) is 1.67. The Morgan fingerprint density at radius 3 is 3.00 bits per heavy atom. The van der Waals surface area contributed by atoms with Gasteiger partial charge in [-0.15, -0.1) is 0 Å². The van der Waals surface area contributed by atoms with E-state index < -0.39 is 5.91 Å². The summed E-state index contributed by atoms with van der Waals surface area (Å²) >= 11 is 0. The molecule has 0 aromatic carbocycles. The van der Waals surface area contributed by atoms with Gasteiger partial charge in [0.05, 0.1) is 6.33 Å². The smallest absolute Gasteiger partial charge is 0.269 e. The number of nitrogens with zero attached hydrogens (tertiary/aromatic N) is 1. The molecule has 54 valence electrons. The van der Waals surface area contributed by atoms with Gasteiger partial charge in [0, 0.05) is 7.05 Å². The van der Waals surface area contributed by atoms with Crippen LogP contribution in [0.3, 0.4) is 0 Å². The van der Waals surface area contributed by atoms with Crippen molar-refractivity contribution in [2.24, 2.45) is 5.73 Å². The van der Waals surface area contributed by atoms with Crippen LogP contribution in [0, 0.1) is 0 Å². The summed E-state index contributed by atoms with van der Waals surface area (Å²) in [6, 6.07) is 0. The molecule has 4 N–H and O–H groups in total. The fraction of sp³-hybridized carbons (Fsp3) is 0.200. The van der Waals surface area contributed by atoms with Crippen LogP contribution < -0.4 is 11.1 Å². The number of H-pyrrole nitrogens is 1. The quantitative estimate of drug-likeness (QED) is 0.520. The monoisotopic (exact) mass is 140 g/mol. The van der Waals surface area contributed by atoms with Crippen LogP contribution in [0.4, 0.5) is 5.82 Å². The van der Waals surface area contributed by atoms with Crippen LogP contribution >= 0.6 is 0 Å². The van der Waals surface area contributed by atoms with Crippen LogP contribution in [0.5, 0.6) is 0 Å². The molecule has 5 nitrogen and oxygen atoms in total. The Labute approximate surface area is 57.6 Å². The zero-order valence-corrected chi connectivity index (χ0v) is 5.51. The van der Waals surface area contributed by atoms with Gasteiger partial charge >= 0.3 is 0 Å². The molecule has 0 atom stereocenters. The van der Waals surface area contributed by atoms with Gasteiger partial charge in [0.2, 0.25) is 0 Å². The van der Waals surface area contributed by atoms with Crippen LogP contribution in [-0.2, 0) is 0 Å². The maximum absolute atomic E-state index is 10.6. The van der Waals surface area contributed by atoms with Crippen molar-refractivity contribution in [3.63, 3.8) is 0 Å². The largest absolute Gasteiger partial charge is 0.371 e. The minimum absolute atomic E-state index is 0.308. The van der Waals surface area contributed by atoms with Gasteiger partial charge < -0.3 is 16.0 Å². The fourth-order valence-corrected chi connectivity index (χ4v) is 0.672. The fourth-order valence-electron chi connectivity index (χ4n) is 0.672. The number of nitrogens with two attached hydrogens (primary N) is 1. The predicted molar refractivity (Wildman–Crippen MR) is 36.7 cm³/mol. The Bertz CT molecular complexity index is 242. The third kappa shape index (κ3) is 0.928. The molecule has 0 aliphatic rings. The molecule has 0 saturated carbocycles. The van der Waals surface area contributed by atoms with Crippen molar-refractivity contribution in [1.29, 1.82) is 0 Å². The van der Waals surface area contributed by atoms with E-state index in [4.69, 9.17) is 5.73 Å². The highest BCUT2D eigenvalue weighted by atomic mass is 16.1. The topological polar surface area (TPSA) is 83.8 Å². The van der Waals surface area contributed by atoms with Crippen LogP contribution in [0.25, 0.3) is 0 Å². The average molecular weight is 140 g/mol. The van der Waals surface area contributed by atoms with Crippen molar-refractivity contribution < 1.29 is 4.79 Å². The lowest BCUT2D eigenvalue weighted by molar-refractivity contribution is 0.0997. The van der Waals surface area contributed by atoms with Crippen molar-refractivity contribution >= 4 is 11.7 Å². The van der Waals surface area contributed by atoms with Crippen molar-refractivity contribution in [3.8, 4) is 0 Å². The summed E-state index contributed by atoms with van der Waals surface area (Å²) < 4.78 is 0. The molecule has 0 unspecified atom stereocenters. The van der Waals surface area contributed by atoms with E-state index in [0.29, 0.717) is 11.5 Å². The first kappa shape index (κ1) is 6.60. The molecular formula is C5H8N4O. The van der Waals surface area contributed by atoms with E-state index in [-0.39, 0.29) is 0 Å². The maximum Gasteiger partial charge on any atom is 0.269 e. The number of nitrogens with one attached hydrogen (secondary N) is 2. The Kier molecular flexibility index (Phi) is 1.57. The van der Waals surface area contributed by atoms with Gasteiger partial charge in [-0.3, -0.25) is 4.79 Å². The zero-order chi connectivity index (χ0) is 7.56. The first-order valence-electron chi connectivity index (χ1n) is 2.76. The SMILES string of the molecule is CNc1nc[nH]c1C(N)=O. The van der Waals surface area contributed by atoms with Gasteiger partial charge in [0.1, 0.15) is 5.69 Å². The van der Waals surface area contributed by atoms with E-state index in [9.17, 15) is 4.79 Å². The van der Waals surface area contributed by atoms with Gasteiger partial charge in [-0.1, -0.05) is 0 Å². The molecule has 0 fully saturated rings. The Balaban J connectivity index is 3.01. The minimum Gasteiger partial charge on any atom is -0.371 e. The van der Waals surface area contributed by atoms with Gasteiger partial charge in [0.25, 0.3) is 5.91 Å². The van der Waals surface area contributed by atoms with E-state index in [1.165, 1.54) is 6.33 Å². The number of primary amides is 1. The van der Waals surface area contributed by atoms with Crippen molar-refractivity contribution in [2.45, 2.75) is 0 Å². The number of carbonyl (C=O) groups is 1. The number of amides is 1. The number of aromatic nitrogens is 2. The maximum atomic E-state index is 10.6. The second-order valence-corrected chi connectivity index (χ2v) is 1.74. The number of anilines is 1. The van der Waals surface area contributed by atoms with E-state index in [1.807, 2.05) is 0 Å². The highest BCUT2D eigenvalue weighted by molar-refractivity contribution is 5.95. The van der Waals surface area contributed by atoms with Crippen LogP contribution in [0.15, 0.2) is 6.33 Å². The second kappa shape index (κ2) is 2.38. The normalized spacial score (nSPS) is 9.30. The lowest BCUT2D eigenvalue weighted by Gasteiger charge is -1.94. The Morgan fingerprint density at radius 2 is 2.60 bits per heavy atom. The molecule has 1 rings (SSSR count). The molecule has 5 heteroatoms. The molecule has 1 heterocycles. The van der Waals surface area contributed by atoms with Crippen molar-refractivity contribution in [1.82, 2.24) is 9.97 Å². The summed E-state index contributed by atoms with van der Waals surface area (Å²) in [5, 5.41) is 2.71. The highest BCUT2D eigenvalue weighted by Crippen LogP contribution is 2.05. The molecule has 0 aliphatic heterocycles. The zero-order valence-electron chi connectivity index (χ0n) is 5.51. The summed E-state index contributed by atoms with van der Waals surface area (Å²) in [5.41, 5.74) is 5.29. The average Bonchev–Trinajstić information content (AvgIpc) is 2.33. The third-order valence-electron chi connectivity index (χ3n) is 1.12. The molecule has 0 aliphatic carbocycles. The van der Waals surface area contributed by atoms with Crippen LogP contribution in [0.1, 0.15) is 10.5 Å². The Hall–Kier alpha value is -1.52. The van der Waals surface area contributed by atoms with Gasteiger partial charge in [0.15, 0.2) is 5.82 Å². The molecule has 10 heavy (non-hydrogen) atoms. The minimum atomic E-state index is -0.512. The number of aromatic amines is 1. The number of carbonyl (C=O) groups excluding carboxylic acids is 1. The van der Waals surface area contributed by atoms with Crippen LogP contribution in [0.2, 0.25) is 0 Å². The number of hydrogen-bond acceptors (Lipinski definition) is 3. The van der Waals surface area contributed by atoms with Gasteiger partial charge in [-0.2, -0.15) is 0 Å². The molecule has 1 aromatic rings. The van der Waals surface area contributed by atoms with Gasteiger partial charge in [-0.05, 0) is 0 Å². The lowest BCUT2D eigenvalue weighted by Crippen LogP contribution is -2.13. The highest BCUT2D eigenvalue weighted by Gasteiger charge is 2.07. The third-order valence-corrected chi connectivity index (χ3v) is 1.12. The molecule has 0 saturated heterocycles. The number of hydrogen-bond donors (Lipinski definition) is 3. The number of rotatable bonds is 2. The molecule has 0 radical (unpaired) electrons. The molecule has 0 spiro atoms. The van der Waals surface area contributed by atoms with Crippen LogP contribution in [-0.4, -0.2) is 22.9 Å². The predicted octanol–water partition coefficient (Wildman–Crippen LogP) is -0.450. The molecular weight excluding hydrogens is 132 g/mol. The summed E-state index contributed by atoms with van der Waals surface area (Å²) in [6.45, 7) is 0. The number of imidazole rings is 1. The first-order valence-corrected chi connectivity index (χ1v) is 2.76. The summed E-state index contributed by atoms with van der Waals surface area (Å²) in [5.74, 6) is -0.0330.